The number of amides is 2. The molecule has 0 aliphatic carbocycles. The van der Waals surface area contributed by atoms with Crippen molar-refractivity contribution in [1.82, 2.24) is 4.90 Å². The summed E-state index contributed by atoms with van der Waals surface area (Å²) in [7, 11) is -3.67. The monoisotopic (exact) mass is 454 g/mol. The maximum absolute atomic E-state index is 12.7. The molecule has 1 aromatic carbocycles. The first-order valence-corrected chi connectivity index (χ1v) is 12.5. The summed E-state index contributed by atoms with van der Waals surface area (Å²) in [6.45, 7) is 4.72. The fourth-order valence-electron chi connectivity index (χ4n) is 3.50. The number of esters is 1. The molecule has 3 rings (SSSR count). The van der Waals surface area contributed by atoms with Gasteiger partial charge in [0.2, 0.25) is 11.8 Å². The lowest BCUT2D eigenvalue weighted by atomic mass is 9.97. The highest BCUT2D eigenvalue weighted by molar-refractivity contribution is 8.01. The molecule has 10 heteroatoms. The zero-order valence-electron chi connectivity index (χ0n) is 17.0. The van der Waals surface area contributed by atoms with Gasteiger partial charge in [-0.25, -0.2) is 8.42 Å². The van der Waals surface area contributed by atoms with E-state index < -0.39 is 9.84 Å². The second-order valence-corrected chi connectivity index (χ2v) is 10.9. The normalized spacial score (nSPS) is 19.7. The maximum Gasteiger partial charge on any atom is 0.309 e. The maximum atomic E-state index is 12.7. The third kappa shape index (κ3) is 5.15. The summed E-state index contributed by atoms with van der Waals surface area (Å²) < 4.78 is 30.4. The molecule has 0 spiro atoms. The Bertz CT molecular complexity index is 939. The number of fused-ring (bicyclic) bond motifs is 1. The first-order chi connectivity index (χ1) is 14.2. The number of nitrogens with one attached hydrogen (secondary N) is 1. The van der Waals surface area contributed by atoms with E-state index in [1.807, 2.05) is 0 Å². The lowest BCUT2D eigenvalue weighted by Gasteiger charge is -2.31. The molecule has 2 aliphatic rings. The minimum atomic E-state index is -3.67. The largest absolute Gasteiger partial charge is 0.466 e. The van der Waals surface area contributed by atoms with Crippen molar-refractivity contribution in [2.24, 2.45) is 5.92 Å². The van der Waals surface area contributed by atoms with E-state index in [9.17, 15) is 22.8 Å². The Labute approximate surface area is 180 Å². The zero-order chi connectivity index (χ0) is 21.9. The van der Waals surface area contributed by atoms with Gasteiger partial charge >= 0.3 is 5.97 Å². The second-order valence-electron chi connectivity index (χ2n) is 7.38. The number of nitrogens with zero attached hydrogens (tertiary/aromatic N) is 1. The third-order valence-electron chi connectivity index (χ3n) is 5.29. The van der Waals surface area contributed by atoms with Crippen LogP contribution in [0.4, 0.5) is 5.69 Å². The molecule has 1 aromatic rings. The Kier molecular flexibility index (Phi) is 7.07. The number of ether oxygens (including phenoxy) is 1. The molecule has 0 radical (unpaired) electrons. The standard InChI is InChI=1S/C20H26N2O6S2/c1-3-28-20(25)14-6-9-22(10-7-14)18(23)8-11-30(26,27)15-4-5-17-16(12-15)21-19(24)13(2)29-17/h4-5,12-14H,3,6-11H2,1-2H3,(H,21,24)/t13-/m0/s1. The van der Waals surface area contributed by atoms with E-state index in [2.05, 4.69) is 5.32 Å². The molecule has 0 unspecified atom stereocenters. The van der Waals surface area contributed by atoms with E-state index in [0.29, 0.717) is 38.2 Å². The van der Waals surface area contributed by atoms with Crippen molar-refractivity contribution < 1.29 is 27.5 Å². The average Bonchev–Trinajstić information content (AvgIpc) is 2.73. The summed E-state index contributed by atoms with van der Waals surface area (Å²) in [5.41, 5.74) is 0.483. The van der Waals surface area contributed by atoms with E-state index in [1.165, 1.54) is 23.9 Å². The van der Waals surface area contributed by atoms with Crippen LogP contribution in [0.15, 0.2) is 28.0 Å². The van der Waals surface area contributed by atoms with Gasteiger partial charge < -0.3 is 15.0 Å². The minimum Gasteiger partial charge on any atom is -0.466 e. The highest BCUT2D eigenvalue weighted by Gasteiger charge is 2.29. The van der Waals surface area contributed by atoms with Crippen LogP contribution in [0.5, 0.6) is 0 Å². The van der Waals surface area contributed by atoms with E-state index >= 15 is 0 Å². The molecule has 2 amide bonds. The van der Waals surface area contributed by atoms with Crippen molar-refractivity contribution in [2.75, 3.05) is 30.8 Å². The quantitative estimate of drug-likeness (QED) is 0.655. The van der Waals surface area contributed by atoms with Crippen LogP contribution in [0.25, 0.3) is 0 Å². The summed E-state index contributed by atoms with van der Waals surface area (Å²) in [5, 5.41) is 2.49. The Morgan fingerprint density at radius 1 is 1.27 bits per heavy atom. The predicted molar refractivity (Wildman–Crippen MR) is 113 cm³/mol. The van der Waals surface area contributed by atoms with Crippen molar-refractivity contribution >= 4 is 45.1 Å². The number of sulfone groups is 1. The number of anilines is 1. The first kappa shape index (κ1) is 22.6. The molecular formula is C20H26N2O6S2. The third-order valence-corrected chi connectivity index (χ3v) is 8.18. The van der Waals surface area contributed by atoms with Gasteiger partial charge in [-0.1, -0.05) is 0 Å². The van der Waals surface area contributed by atoms with Gasteiger partial charge in [0.15, 0.2) is 9.84 Å². The van der Waals surface area contributed by atoms with Crippen molar-refractivity contribution in [2.45, 2.75) is 48.2 Å². The van der Waals surface area contributed by atoms with Gasteiger partial charge in [0.25, 0.3) is 0 Å². The Hall–Kier alpha value is -2.07. The molecule has 30 heavy (non-hydrogen) atoms. The van der Waals surface area contributed by atoms with Crippen molar-refractivity contribution in [1.29, 1.82) is 0 Å². The van der Waals surface area contributed by atoms with Crippen LogP contribution in [0.1, 0.15) is 33.1 Å². The number of carbonyl (C=O) groups excluding carboxylic acids is 3. The van der Waals surface area contributed by atoms with Crippen LogP contribution < -0.4 is 5.32 Å². The van der Waals surface area contributed by atoms with Gasteiger partial charge in [-0.15, -0.1) is 11.8 Å². The Morgan fingerprint density at radius 2 is 1.97 bits per heavy atom. The highest BCUT2D eigenvalue weighted by atomic mass is 32.2. The van der Waals surface area contributed by atoms with E-state index in [-0.39, 0.29) is 46.0 Å². The van der Waals surface area contributed by atoms with Crippen molar-refractivity contribution in [3.8, 4) is 0 Å². The molecule has 0 bridgehead atoms. The van der Waals surface area contributed by atoms with E-state index in [1.54, 1.807) is 24.8 Å². The zero-order valence-corrected chi connectivity index (χ0v) is 18.7. The van der Waals surface area contributed by atoms with Crippen LogP contribution in [0, 0.1) is 5.92 Å². The minimum absolute atomic E-state index is 0.0884. The fourth-order valence-corrected chi connectivity index (χ4v) is 5.69. The molecule has 1 atom stereocenters. The van der Waals surface area contributed by atoms with E-state index in [0.717, 1.165) is 4.90 Å². The van der Waals surface area contributed by atoms with Gasteiger partial charge in [-0.3, -0.25) is 14.4 Å². The lowest BCUT2D eigenvalue weighted by Crippen LogP contribution is -2.41. The molecule has 8 nitrogen and oxygen atoms in total. The second kappa shape index (κ2) is 9.38. The molecule has 164 valence electrons. The fraction of sp³-hybridized carbons (Fsp3) is 0.550. The van der Waals surface area contributed by atoms with Crippen LogP contribution in [0.2, 0.25) is 0 Å². The van der Waals surface area contributed by atoms with Gasteiger partial charge in [-0.2, -0.15) is 0 Å². The Balaban J connectivity index is 1.57. The molecule has 1 N–H and O–H groups in total. The number of carbonyl (C=O) groups is 3. The smallest absolute Gasteiger partial charge is 0.309 e. The number of hydrogen-bond acceptors (Lipinski definition) is 7. The molecule has 2 aliphatic heterocycles. The van der Waals surface area contributed by atoms with Gasteiger partial charge in [-0.05, 0) is 44.9 Å². The van der Waals surface area contributed by atoms with Gasteiger partial charge in [0.05, 0.1) is 34.1 Å². The number of likely N-dealkylation sites (tertiary alicyclic amines) is 1. The van der Waals surface area contributed by atoms with Crippen LogP contribution >= 0.6 is 11.8 Å². The van der Waals surface area contributed by atoms with Crippen LogP contribution in [-0.4, -0.2) is 61.8 Å². The number of hydrogen-bond donors (Lipinski definition) is 1. The van der Waals surface area contributed by atoms with Gasteiger partial charge in [0.1, 0.15) is 0 Å². The van der Waals surface area contributed by atoms with Gasteiger partial charge in [0, 0.05) is 24.4 Å². The Morgan fingerprint density at radius 3 is 2.63 bits per heavy atom. The summed E-state index contributed by atoms with van der Waals surface area (Å²) in [6, 6.07) is 4.65. The van der Waals surface area contributed by atoms with Crippen molar-refractivity contribution in [3.05, 3.63) is 18.2 Å². The van der Waals surface area contributed by atoms with Crippen molar-refractivity contribution in [3.63, 3.8) is 0 Å². The number of rotatable bonds is 6. The summed E-state index contributed by atoms with van der Waals surface area (Å²) in [6.07, 6.45) is 0.928. The molecule has 1 saturated heterocycles. The van der Waals surface area contributed by atoms with Crippen LogP contribution in [0.3, 0.4) is 0 Å². The average molecular weight is 455 g/mol. The molecule has 0 saturated carbocycles. The van der Waals surface area contributed by atoms with Crippen LogP contribution in [-0.2, 0) is 29.0 Å². The number of piperidine rings is 1. The number of thioether (sulfide) groups is 1. The highest BCUT2D eigenvalue weighted by Crippen LogP contribution is 2.37. The summed E-state index contributed by atoms with van der Waals surface area (Å²) in [5.74, 6) is -1.15. The topological polar surface area (TPSA) is 110 Å². The molecular weight excluding hydrogens is 428 g/mol. The first-order valence-electron chi connectivity index (χ1n) is 10.00. The molecule has 2 heterocycles. The lowest BCUT2D eigenvalue weighted by molar-refractivity contribution is -0.151. The molecule has 0 aromatic heterocycles. The predicted octanol–water partition coefficient (Wildman–Crippen LogP) is 2.08. The van der Waals surface area contributed by atoms with E-state index in [4.69, 9.17) is 4.74 Å². The molecule has 1 fully saturated rings. The summed E-state index contributed by atoms with van der Waals surface area (Å²) >= 11 is 1.38. The SMILES string of the molecule is CCOC(=O)C1CCN(C(=O)CCS(=O)(=O)c2ccc3c(c2)NC(=O)[C@H](C)S3)CC1. The summed E-state index contributed by atoms with van der Waals surface area (Å²) in [4.78, 5) is 38.6. The number of benzene rings is 1.